The Kier molecular flexibility index (Phi) is 26.6. The first kappa shape index (κ1) is 22.2. The summed E-state index contributed by atoms with van der Waals surface area (Å²) in [5.74, 6) is 0. The van der Waals surface area contributed by atoms with Crippen LogP contribution >= 0.6 is 0 Å². The van der Waals surface area contributed by atoms with Crippen LogP contribution in [-0.4, -0.2) is 26.4 Å². The van der Waals surface area contributed by atoms with Gasteiger partial charge in [-0.3, -0.25) is 0 Å². The molecule has 0 bridgehead atoms. The van der Waals surface area contributed by atoms with Crippen molar-refractivity contribution in [2.75, 3.05) is 26.4 Å². The lowest BCUT2D eigenvalue weighted by Crippen LogP contribution is -1.96. The van der Waals surface area contributed by atoms with E-state index in [2.05, 4.69) is 27.7 Å². The van der Waals surface area contributed by atoms with Crippen LogP contribution in [0.4, 0.5) is 0 Å². The lowest BCUT2D eigenvalue weighted by atomic mass is 10.2. The van der Waals surface area contributed by atoms with Crippen LogP contribution in [0.1, 0.15) is 91.9 Å². The van der Waals surface area contributed by atoms with Crippen molar-refractivity contribution in [2.24, 2.45) is 0 Å². The summed E-state index contributed by atoms with van der Waals surface area (Å²) in [5, 5.41) is 0. The number of ether oxygens (including phenoxy) is 2. The van der Waals surface area contributed by atoms with Gasteiger partial charge in [-0.1, -0.05) is 66.2 Å². The maximum atomic E-state index is 5.53. The van der Waals surface area contributed by atoms with E-state index in [9.17, 15) is 0 Å². The second kappa shape index (κ2) is 24.0. The van der Waals surface area contributed by atoms with Gasteiger partial charge in [0.15, 0.2) is 0 Å². The second-order valence-electron chi connectivity index (χ2n) is 5.35. The summed E-state index contributed by atoms with van der Waals surface area (Å²) >= 11 is 0. The van der Waals surface area contributed by atoms with Crippen LogP contribution in [0.25, 0.3) is 0 Å². The predicted molar refractivity (Wildman–Crippen MR) is 90.5 cm³/mol. The Morgan fingerprint density at radius 3 is 1.15 bits per heavy atom. The van der Waals surface area contributed by atoms with E-state index in [0.29, 0.717) is 0 Å². The van der Waals surface area contributed by atoms with Crippen LogP contribution in [0.3, 0.4) is 0 Å². The molecule has 0 aliphatic heterocycles. The normalized spacial score (nSPS) is 10.2. The fourth-order valence-electron chi connectivity index (χ4n) is 1.75. The first-order valence-electron chi connectivity index (χ1n) is 8.98. The lowest BCUT2D eigenvalue weighted by molar-refractivity contribution is 0.126. The Morgan fingerprint density at radius 1 is 0.400 bits per heavy atom. The molecule has 0 aromatic heterocycles. The smallest absolute Gasteiger partial charge is 0.0466 e. The minimum atomic E-state index is 0.924. The summed E-state index contributed by atoms with van der Waals surface area (Å²) in [6.07, 6.45) is 12.8. The number of hydrogen-bond donors (Lipinski definition) is 0. The largest absolute Gasteiger partial charge is 0.381 e. The highest BCUT2D eigenvalue weighted by molar-refractivity contribution is 4.41. The number of rotatable bonds is 14. The summed E-state index contributed by atoms with van der Waals surface area (Å²) in [6.45, 7) is 12.5. The zero-order valence-electron chi connectivity index (χ0n) is 14.7. The van der Waals surface area contributed by atoms with Gasteiger partial charge in [0, 0.05) is 26.4 Å². The second-order valence-corrected chi connectivity index (χ2v) is 5.35. The zero-order valence-corrected chi connectivity index (χ0v) is 14.7. The molecule has 0 amide bonds. The first-order chi connectivity index (χ1) is 9.83. The fraction of sp³-hybridized carbons (Fsp3) is 1.00. The molecule has 0 rings (SSSR count). The number of unbranched alkanes of at least 4 members (excludes halogenated alkanes) is 6. The van der Waals surface area contributed by atoms with Crippen molar-refractivity contribution in [1.82, 2.24) is 0 Å². The van der Waals surface area contributed by atoms with Crippen LogP contribution in [-0.2, 0) is 9.47 Å². The first-order valence-corrected chi connectivity index (χ1v) is 8.98. The van der Waals surface area contributed by atoms with E-state index in [4.69, 9.17) is 9.47 Å². The maximum absolute atomic E-state index is 5.53. The highest BCUT2D eigenvalue weighted by atomic mass is 16.5. The summed E-state index contributed by atoms with van der Waals surface area (Å²) in [6, 6.07) is 0. The van der Waals surface area contributed by atoms with Gasteiger partial charge >= 0.3 is 0 Å². The van der Waals surface area contributed by atoms with E-state index in [-0.39, 0.29) is 0 Å². The van der Waals surface area contributed by atoms with Gasteiger partial charge in [0.05, 0.1) is 0 Å². The summed E-state index contributed by atoms with van der Waals surface area (Å²) in [7, 11) is 0. The van der Waals surface area contributed by atoms with Gasteiger partial charge in [-0.25, -0.2) is 0 Å². The van der Waals surface area contributed by atoms with Gasteiger partial charge in [0.1, 0.15) is 0 Å². The average molecular weight is 289 g/mol. The van der Waals surface area contributed by atoms with Crippen molar-refractivity contribution < 1.29 is 9.47 Å². The van der Waals surface area contributed by atoms with E-state index in [1.165, 1.54) is 51.4 Å². The molecule has 0 unspecified atom stereocenters. The van der Waals surface area contributed by atoms with Crippen molar-refractivity contribution in [1.29, 1.82) is 0 Å². The van der Waals surface area contributed by atoms with Crippen LogP contribution in [0.2, 0.25) is 0 Å². The highest BCUT2D eigenvalue weighted by Crippen LogP contribution is 2.01. The third kappa shape index (κ3) is 26.5. The van der Waals surface area contributed by atoms with Crippen molar-refractivity contribution in [3.63, 3.8) is 0 Å². The van der Waals surface area contributed by atoms with Gasteiger partial charge in [0.25, 0.3) is 0 Å². The summed E-state index contributed by atoms with van der Waals surface area (Å²) in [4.78, 5) is 0. The van der Waals surface area contributed by atoms with Crippen LogP contribution in [0, 0.1) is 0 Å². The Morgan fingerprint density at radius 2 is 0.800 bits per heavy atom. The van der Waals surface area contributed by atoms with E-state index in [1.807, 2.05) is 0 Å². The lowest BCUT2D eigenvalue weighted by Gasteiger charge is -2.03. The Hall–Kier alpha value is -0.0800. The quantitative estimate of drug-likeness (QED) is 0.366. The molecule has 20 heavy (non-hydrogen) atoms. The van der Waals surface area contributed by atoms with Crippen LogP contribution < -0.4 is 0 Å². The van der Waals surface area contributed by atoms with Crippen molar-refractivity contribution in [2.45, 2.75) is 91.9 Å². The van der Waals surface area contributed by atoms with Gasteiger partial charge in [-0.2, -0.15) is 0 Å². The molecule has 0 aromatic carbocycles. The fourth-order valence-corrected chi connectivity index (χ4v) is 1.75. The topological polar surface area (TPSA) is 18.5 Å². The van der Waals surface area contributed by atoms with E-state index in [1.54, 1.807) is 0 Å². The minimum absolute atomic E-state index is 0.924. The molecule has 0 saturated heterocycles. The monoisotopic (exact) mass is 288 g/mol. The van der Waals surface area contributed by atoms with E-state index in [0.717, 1.165) is 39.3 Å². The summed E-state index contributed by atoms with van der Waals surface area (Å²) < 4.78 is 10.7. The Labute approximate surface area is 128 Å². The molecule has 0 saturated carbocycles. The molecule has 0 spiro atoms. The SMILES string of the molecule is CCCCCCOCCCCCC.CCCOCCC. The number of hydrogen-bond acceptors (Lipinski definition) is 2. The molecule has 0 aliphatic carbocycles. The maximum Gasteiger partial charge on any atom is 0.0466 e. The van der Waals surface area contributed by atoms with Crippen molar-refractivity contribution in [3.05, 3.63) is 0 Å². The van der Waals surface area contributed by atoms with Gasteiger partial charge < -0.3 is 9.47 Å². The van der Waals surface area contributed by atoms with Crippen LogP contribution in [0.15, 0.2) is 0 Å². The molecular weight excluding hydrogens is 248 g/mol. The standard InChI is InChI=1S/C12H26O.C6H14O/c1-3-5-7-9-11-13-12-10-8-6-4-2;1-3-5-7-6-4-2/h3-12H2,1-2H3;3-6H2,1-2H3. The molecule has 0 N–H and O–H groups in total. The highest BCUT2D eigenvalue weighted by Gasteiger charge is 1.90. The zero-order chi connectivity index (χ0) is 15.3. The van der Waals surface area contributed by atoms with Gasteiger partial charge in [-0.05, 0) is 25.7 Å². The molecule has 0 radical (unpaired) electrons. The molecule has 0 fully saturated rings. The molecular formula is C18H40O2. The molecule has 124 valence electrons. The van der Waals surface area contributed by atoms with Gasteiger partial charge in [0.2, 0.25) is 0 Å². The van der Waals surface area contributed by atoms with Gasteiger partial charge in [-0.15, -0.1) is 0 Å². The Bertz CT molecular complexity index is 123. The molecule has 0 aliphatic rings. The minimum Gasteiger partial charge on any atom is -0.381 e. The predicted octanol–water partition coefficient (Wildman–Crippen LogP) is 5.99. The average Bonchev–Trinajstić information content (AvgIpc) is 2.47. The molecule has 0 aromatic rings. The van der Waals surface area contributed by atoms with Crippen molar-refractivity contribution in [3.8, 4) is 0 Å². The molecule has 2 heteroatoms. The van der Waals surface area contributed by atoms with E-state index >= 15 is 0 Å². The third-order valence-electron chi connectivity index (χ3n) is 2.98. The Balaban J connectivity index is 0. The molecule has 0 heterocycles. The van der Waals surface area contributed by atoms with Crippen LogP contribution in [0.5, 0.6) is 0 Å². The summed E-state index contributed by atoms with van der Waals surface area (Å²) in [5.41, 5.74) is 0. The van der Waals surface area contributed by atoms with Crippen molar-refractivity contribution >= 4 is 0 Å². The molecule has 2 nitrogen and oxygen atoms in total. The van der Waals surface area contributed by atoms with E-state index < -0.39 is 0 Å². The third-order valence-corrected chi connectivity index (χ3v) is 2.98. The molecule has 0 atom stereocenters.